The highest BCUT2D eigenvalue weighted by Gasteiger charge is 2.42. The first-order valence-corrected chi connectivity index (χ1v) is 4.91. The Labute approximate surface area is 79.8 Å². The molecule has 1 heterocycles. The molecule has 3 unspecified atom stereocenters. The molecule has 1 aliphatic carbocycles. The Morgan fingerprint density at radius 2 is 2.00 bits per heavy atom. The molecule has 0 aromatic rings. The van der Waals surface area contributed by atoms with Gasteiger partial charge in [-0.15, -0.1) is 0 Å². The first-order valence-electron chi connectivity index (χ1n) is 4.91. The predicted octanol–water partition coefficient (Wildman–Crippen LogP) is 2.54. The first-order chi connectivity index (χ1) is 6.12. The van der Waals surface area contributed by atoms with Crippen LogP contribution in [0.1, 0.15) is 20.8 Å². The van der Waals surface area contributed by atoms with E-state index in [9.17, 15) is 0 Å². The average molecular weight is 176 g/mol. The van der Waals surface area contributed by atoms with Gasteiger partial charge in [0.05, 0.1) is 12.7 Å². The van der Waals surface area contributed by atoms with Crippen LogP contribution in [0.5, 0.6) is 0 Å². The van der Waals surface area contributed by atoms with Crippen LogP contribution < -0.4 is 0 Å². The summed E-state index contributed by atoms with van der Waals surface area (Å²) in [4.78, 5) is 0. The van der Waals surface area contributed by atoms with Gasteiger partial charge in [-0.3, -0.25) is 0 Å². The zero-order valence-electron chi connectivity index (χ0n) is 8.50. The lowest BCUT2D eigenvalue weighted by Crippen LogP contribution is -2.45. The Morgan fingerprint density at radius 1 is 1.31 bits per heavy atom. The van der Waals surface area contributed by atoms with E-state index in [0.29, 0.717) is 17.3 Å². The predicted molar refractivity (Wildman–Crippen MR) is 52.3 cm³/mol. The van der Waals surface area contributed by atoms with Crippen LogP contribution >= 0.6 is 0 Å². The van der Waals surface area contributed by atoms with Gasteiger partial charge in [-0.1, -0.05) is 32.2 Å². The largest absolute Gasteiger partial charge is 0.373 e. The van der Waals surface area contributed by atoms with Crippen molar-refractivity contribution in [3.63, 3.8) is 0 Å². The van der Waals surface area contributed by atoms with Crippen molar-refractivity contribution in [2.75, 3.05) is 6.61 Å². The first kappa shape index (κ1) is 8.84. The molecule has 0 aromatic heterocycles. The molecule has 2 rings (SSSR count). The molecule has 1 nitrogen and oxygen atoms in total. The summed E-state index contributed by atoms with van der Waals surface area (Å²) in [6, 6.07) is 0. The number of hydrogen-bond acceptors (Lipinski definition) is 1. The van der Waals surface area contributed by atoms with Crippen molar-refractivity contribution in [1.29, 1.82) is 0 Å². The van der Waals surface area contributed by atoms with Crippen molar-refractivity contribution in [3.05, 3.63) is 23.6 Å². The summed E-state index contributed by atoms with van der Waals surface area (Å²) in [6.45, 7) is 7.75. The molecule has 0 spiro atoms. The van der Waals surface area contributed by atoms with E-state index in [4.69, 9.17) is 4.74 Å². The topological polar surface area (TPSA) is 9.23 Å². The van der Waals surface area contributed by atoms with Crippen molar-refractivity contribution in [2.24, 2.45) is 17.3 Å². The van der Waals surface area contributed by atoms with Crippen molar-refractivity contribution >= 4 is 0 Å². The molecule has 2 aliphatic rings. The van der Waals surface area contributed by atoms with Crippen molar-refractivity contribution < 1.29 is 4.74 Å². The van der Waals surface area contributed by atoms with Gasteiger partial charge in [0.1, 0.15) is 0 Å². The maximum atomic E-state index is 5.74. The molecular weight excluding hydrogens is 160 g/mol. The lowest BCUT2D eigenvalue weighted by molar-refractivity contribution is -0.0851. The van der Waals surface area contributed by atoms with Gasteiger partial charge in [-0.2, -0.15) is 0 Å². The van der Waals surface area contributed by atoms with Crippen molar-refractivity contribution in [1.82, 2.24) is 0 Å². The fourth-order valence-electron chi connectivity index (χ4n) is 2.06. The normalized spacial score (nSPS) is 40.4. The van der Waals surface area contributed by atoms with Gasteiger partial charge in [-0.25, -0.2) is 0 Å². The van der Waals surface area contributed by atoms with Gasteiger partial charge < -0.3 is 4.74 Å². The molecule has 0 aromatic carbocycles. The second kappa shape index (κ2) is 2.89. The van der Waals surface area contributed by atoms with E-state index < -0.39 is 0 Å². The molecule has 1 aliphatic heterocycles. The lowest BCUT2D eigenvalue weighted by atomic mass is 9.66. The maximum Gasteiger partial charge on any atom is 0.0909 e. The number of ether oxygens (including phenoxy) is 1. The molecule has 0 saturated carbocycles. The van der Waals surface area contributed by atoms with E-state index in [1.54, 1.807) is 0 Å². The summed E-state index contributed by atoms with van der Waals surface area (Å²) in [7, 11) is 0. The molecule has 0 amide bonds. The third-order valence-corrected chi connectivity index (χ3v) is 3.62. The molecule has 13 heavy (non-hydrogen) atoms. The van der Waals surface area contributed by atoms with E-state index in [0.717, 1.165) is 6.61 Å². The van der Waals surface area contributed by atoms with Gasteiger partial charge in [0.2, 0.25) is 0 Å². The summed E-state index contributed by atoms with van der Waals surface area (Å²) in [5.41, 5.74) is 6.34. The average Bonchev–Trinajstić information content (AvgIpc) is 2.13. The van der Waals surface area contributed by atoms with Gasteiger partial charge in [-0.05, 0) is 23.5 Å². The second-order valence-corrected chi connectivity index (χ2v) is 4.67. The quantitative estimate of drug-likeness (QED) is 0.515. The standard InChI is InChI=1S/C12H16O/c1-9-8-13-11-7-5-4-6-10(11)12(9,2)3/h6-7,9-11H,8H2,1-3H3. The third-order valence-electron chi connectivity index (χ3n) is 3.62. The van der Waals surface area contributed by atoms with Gasteiger partial charge in [0.15, 0.2) is 0 Å². The maximum absolute atomic E-state index is 5.74. The Bertz CT molecular complexity index is 301. The second-order valence-electron chi connectivity index (χ2n) is 4.67. The van der Waals surface area contributed by atoms with E-state index >= 15 is 0 Å². The third kappa shape index (κ3) is 1.30. The van der Waals surface area contributed by atoms with Crippen LogP contribution in [-0.2, 0) is 4.74 Å². The number of rotatable bonds is 0. The van der Waals surface area contributed by atoms with Crippen LogP contribution in [0, 0.1) is 17.3 Å². The minimum atomic E-state index is 0.229. The minimum absolute atomic E-state index is 0.229. The van der Waals surface area contributed by atoms with E-state index in [1.807, 2.05) is 6.08 Å². The molecule has 0 radical (unpaired) electrons. The Kier molecular flexibility index (Phi) is 1.96. The molecule has 0 N–H and O–H groups in total. The number of fused-ring (bicyclic) bond motifs is 1. The summed E-state index contributed by atoms with van der Waals surface area (Å²) in [5.74, 6) is 1.08. The highest BCUT2D eigenvalue weighted by Crippen LogP contribution is 2.43. The summed E-state index contributed by atoms with van der Waals surface area (Å²) >= 11 is 0. The Morgan fingerprint density at radius 3 is 2.77 bits per heavy atom. The van der Waals surface area contributed by atoms with E-state index in [2.05, 4.69) is 38.3 Å². The van der Waals surface area contributed by atoms with Crippen LogP contribution in [0.4, 0.5) is 0 Å². The monoisotopic (exact) mass is 176 g/mol. The molecule has 0 bridgehead atoms. The van der Waals surface area contributed by atoms with E-state index in [-0.39, 0.29) is 6.10 Å². The fraction of sp³-hybridized carbons (Fsp3) is 0.667. The van der Waals surface area contributed by atoms with Crippen molar-refractivity contribution in [2.45, 2.75) is 26.9 Å². The van der Waals surface area contributed by atoms with Gasteiger partial charge in [0, 0.05) is 5.92 Å². The smallest absolute Gasteiger partial charge is 0.0909 e. The molecule has 1 heteroatoms. The highest BCUT2D eigenvalue weighted by atomic mass is 16.5. The number of hydrogen-bond donors (Lipinski definition) is 0. The molecular formula is C12H16O. The molecule has 1 saturated heterocycles. The fourth-order valence-corrected chi connectivity index (χ4v) is 2.06. The SMILES string of the molecule is CC1COC2C=C=C=CC2C1(C)C. The molecule has 3 atom stereocenters. The lowest BCUT2D eigenvalue weighted by Gasteiger charge is -2.45. The van der Waals surface area contributed by atoms with Gasteiger partial charge in [0.25, 0.3) is 0 Å². The van der Waals surface area contributed by atoms with Gasteiger partial charge >= 0.3 is 0 Å². The minimum Gasteiger partial charge on any atom is -0.373 e. The molecule has 70 valence electrons. The zero-order valence-corrected chi connectivity index (χ0v) is 8.50. The molecule has 1 fully saturated rings. The highest BCUT2D eigenvalue weighted by molar-refractivity contribution is 5.12. The van der Waals surface area contributed by atoms with Crippen LogP contribution in [0.15, 0.2) is 23.6 Å². The van der Waals surface area contributed by atoms with Crippen LogP contribution in [0.25, 0.3) is 0 Å². The van der Waals surface area contributed by atoms with Crippen LogP contribution in [-0.4, -0.2) is 12.7 Å². The van der Waals surface area contributed by atoms with Crippen LogP contribution in [0.3, 0.4) is 0 Å². The van der Waals surface area contributed by atoms with E-state index in [1.165, 1.54) is 0 Å². The Hall–Kier alpha value is -0.740. The zero-order chi connectivity index (χ0) is 9.47. The summed E-state index contributed by atoms with van der Waals surface area (Å²) in [6.07, 6.45) is 4.34. The van der Waals surface area contributed by atoms with Crippen LogP contribution in [0.2, 0.25) is 0 Å². The summed E-state index contributed by atoms with van der Waals surface area (Å²) < 4.78 is 5.74. The Balaban J connectivity index is 2.33. The summed E-state index contributed by atoms with van der Waals surface area (Å²) in [5, 5.41) is 0. The van der Waals surface area contributed by atoms with Crippen molar-refractivity contribution in [3.8, 4) is 0 Å².